The lowest BCUT2D eigenvalue weighted by molar-refractivity contribution is -0.175. The number of hydrogen-bond donors (Lipinski definition) is 1. The number of amides is 1. The molecule has 0 aliphatic carbocycles. The monoisotopic (exact) mass is 301 g/mol. The third-order valence-electron chi connectivity index (χ3n) is 2.47. The molecule has 4 nitrogen and oxygen atoms in total. The minimum atomic E-state index is -5.06. The number of halogens is 3. The van der Waals surface area contributed by atoms with Crippen LogP contribution in [0.2, 0.25) is 0 Å². The lowest BCUT2D eigenvalue weighted by atomic mass is 10.1. The summed E-state index contributed by atoms with van der Waals surface area (Å²) in [7, 11) is 0. The van der Waals surface area contributed by atoms with Gasteiger partial charge in [-0.1, -0.05) is 43.0 Å². The SMILES string of the molecule is C=CCOC(=O)[C@@H](Cc1ccccc1)NC(=O)C(F)(F)F. The Morgan fingerprint density at radius 3 is 2.43 bits per heavy atom. The minimum Gasteiger partial charge on any atom is -0.460 e. The average Bonchev–Trinajstić information content (AvgIpc) is 2.44. The second-order valence-electron chi connectivity index (χ2n) is 4.13. The molecule has 0 unspecified atom stereocenters. The summed E-state index contributed by atoms with van der Waals surface area (Å²) < 4.78 is 41.6. The van der Waals surface area contributed by atoms with Crippen molar-refractivity contribution in [1.82, 2.24) is 5.32 Å². The molecule has 0 saturated carbocycles. The van der Waals surface area contributed by atoms with Gasteiger partial charge in [-0.15, -0.1) is 0 Å². The second-order valence-corrected chi connectivity index (χ2v) is 4.13. The molecule has 1 amide bonds. The molecule has 0 heterocycles. The molecule has 1 aromatic carbocycles. The number of nitrogens with one attached hydrogen (secondary N) is 1. The summed E-state index contributed by atoms with van der Waals surface area (Å²) in [6.07, 6.45) is -3.88. The van der Waals surface area contributed by atoms with E-state index < -0.39 is 24.1 Å². The molecular formula is C14H14F3NO3. The van der Waals surface area contributed by atoms with Crippen LogP contribution in [0.25, 0.3) is 0 Å². The van der Waals surface area contributed by atoms with E-state index >= 15 is 0 Å². The van der Waals surface area contributed by atoms with Crippen LogP contribution in [0.15, 0.2) is 43.0 Å². The van der Waals surface area contributed by atoms with Crippen LogP contribution in [0.4, 0.5) is 13.2 Å². The van der Waals surface area contributed by atoms with Crippen molar-refractivity contribution in [2.45, 2.75) is 18.6 Å². The summed E-state index contributed by atoms with van der Waals surface area (Å²) in [5.41, 5.74) is 0.598. The Balaban J connectivity index is 2.81. The molecule has 0 radical (unpaired) electrons. The van der Waals surface area contributed by atoms with Gasteiger partial charge >= 0.3 is 18.1 Å². The van der Waals surface area contributed by atoms with E-state index in [1.54, 1.807) is 35.6 Å². The molecule has 1 rings (SSSR count). The fourth-order valence-corrected chi connectivity index (χ4v) is 1.52. The number of carbonyl (C=O) groups is 2. The van der Waals surface area contributed by atoms with Gasteiger partial charge in [0.05, 0.1) is 0 Å². The summed E-state index contributed by atoms with van der Waals surface area (Å²) in [5.74, 6) is -3.13. The van der Waals surface area contributed by atoms with Crippen LogP contribution in [-0.2, 0) is 20.7 Å². The number of ether oxygens (including phenoxy) is 1. The van der Waals surface area contributed by atoms with Crippen molar-refractivity contribution in [1.29, 1.82) is 0 Å². The Kier molecular flexibility index (Phi) is 5.95. The lowest BCUT2D eigenvalue weighted by Crippen LogP contribution is -2.48. The average molecular weight is 301 g/mol. The molecule has 21 heavy (non-hydrogen) atoms. The zero-order valence-corrected chi connectivity index (χ0v) is 11.0. The first-order valence-corrected chi connectivity index (χ1v) is 6.03. The van der Waals surface area contributed by atoms with Gasteiger partial charge < -0.3 is 10.1 Å². The predicted molar refractivity (Wildman–Crippen MR) is 69.3 cm³/mol. The number of rotatable bonds is 6. The molecule has 1 atom stereocenters. The second kappa shape index (κ2) is 7.47. The summed E-state index contributed by atoms with van der Waals surface area (Å²) in [4.78, 5) is 22.7. The highest BCUT2D eigenvalue weighted by Crippen LogP contribution is 2.15. The van der Waals surface area contributed by atoms with E-state index in [1.807, 2.05) is 0 Å². The summed E-state index contributed by atoms with van der Waals surface area (Å²) in [6, 6.07) is 6.92. The quantitative estimate of drug-likeness (QED) is 0.646. The molecule has 7 heteroatoms. The Hall–Kier alpha value is -2.31. The number of alkyl halides is 3. The zero-order valence-electron chi connectivity index (χ0n) is 11.0. The van der Waals surface area contributed by atoms with Gasteiger partial charge in [0, 0.05) is 6.42 Å². The Morgan fingerprint density at radius 2 is 1.90 bits per heavy atom. The Bertz CT molecular complexity index is 500. The van der Waals surface area contributed by atoms with Crippen molar-refractivity contribution in [3.05, 3.63) is 48.6 Å². The van der Waals surface area contributed by atoms with Gasteiger partial charge in [0.1, 0.15) is 12.6 Å². The van der Waals surface area contributed by atoms with E-state index in [2.05, 4.69) is 6.58 Å². The van der Waals surface area contributed by atoms with Crippen LogP contribution in [0, 0.1) is 0 Å². The van der Waals surface area contributed by atoms with Gasteiger partial charge in [0.15, 0.2) is 0 Å². The summed E-state index contributed by atoms with van der Waals surface area (Å²) in [6.45, 7) is 3.18. The highest BCUT2D eigenvalue weighted by molar-refractivity contribution is 5.87. The van der Waals surface area contributed by atoms with Crippen LogP contribution >= 0.6 is 0 Å². The van der Waals surface area contributed by atoms with Gasteiger partial charge in [-0.3, -0.25) is 4.79 Å². The van der Waals surface area contributed by atoms with E-state index in [-0.39, 0.29) is 13.0 Å². The maximum atomic E-state index is 12.3. The van der Waals surface area contributed by atoms with E-state index in [4.69, 9.17) is 4.74 Å². The topological polar surface area (TPSA) is 55.4 Å². The molecule has 0 aliphatic heterocycles. The maximum absolute atomic E-state index is 12.3. The Morgan fingerprint density at radius 1 is 1.29 bits per heavy atom. The Labute approximate surface area is 119 Å². The molecule has 1 aromatic rings. The van der Waals surface area contributed by atoms with Crippen LogP contribution in [0.1, 0.15) is 5.56 Å². The van der Waals surface area contributed by atoms with Crippen LogP contribution in [0.3, 0.4) is 0 Å². The molecule has 0 aliphatic rings. The first-order chi connectivity index (χ1) is 9.84. The fraction of sp³-hybridized carbons (Fsp3) is 0.286. The first-order valence-electron chi connectivity index (χ1n) is 6.03. The lowest BCUT2D eigenvalue weighted by Gasteiger charge is -2.18. The zero-order chi connectivity index (χ0) is 15.9. The van der Waals surface area contributed by atoms with Crippen LogP contribution < -0.4 is 5.32 Å². The van der Waals surface area contributed by atoms with Crippen LogP contribution in [0.5, 0.6) is 0 Å². The van der Waals surface area contributed by atoms with Crippen molar-refractivity contribution in [3.63, 3.8) is 0 Å². The largest absolute Gasteiger partial charge is 0.471 e. The van der Waals surface area contributed by atoms with E-state index in [0.29, 0.717) is 5.56 Å². The van der Waals surface area contributed by atoms with E-state index in [0.717, 1.165) is 0 Å². The number of benzene rings is 1. The highest BCUT2D eigenvalue weighted by Gasteiger charge is 2.41. The van der Waals surface area contributed by atoms with Gasteiger partial charge in [0.2, 0.25) is 0 Å². The molecule has 0 fully saturated rings. The minimum absolute atomic E-state index is 0.0986. The first kappa shape index (κ1) is 16.7. The van der Waals surface area contributed by atoms with Gasteiger partial charge in [-0.05, 0) is 5.56 Å². The highest BCUT2D eigenvalue weighted by atomic mass is 19.4. The number of hydrogen-bond acceptors (Lipinski definition) is 3. The van der Waals surface area contributed by atoms with Gasteiger partial charge in [0.25, 0.3) is 0 Å². The molecular weight excluding hydrogens is 287 g/mol. The van der Waals surface area contributed by atoms with E-state index in [9.17, 15) is 22.8 Å². The summed E-state index contributed by atoms with van der Waals surface area (Å²) in [5, 5.41) is 1.64. The van der Waals surface area contributed by atoms with Crippen molar-refractivity contribution in [2.75, 3.05) is 6.61 Å². The standard InChI is InChI=1S/C14H14F3NO3/c1-2-8-21-12(19)11(18-13(20)14(15,16)17)9-10-6-4-3-5-7-10/h2-7,11H,1,8-9H2,(H,18,20)/t11-/m1/s1. The third-order valence-corrected chi connectivity index (χ3v) is 2.47. The number of carbonyl (C=O) groups excluding carboxylic acids is 2. The molecule has 0 spiro atoms. The van der Waals surface area contributed by atoms with Crippen molar-refractivity contribution >= 4 is 11.9 Å². The van der Waals surface area contributed by atoms with Crippen LogP contribution in [-0.4, -0.2) is 30.7 Å². The smallest absolute Gasteiger partial charge is 0.460 e. The normalized spacial score (nSPS) is 12.3. The molecule has 0 aromatic heterocycles. The predicted octanol–water partition coefficient (Wildman–Crippen LogP) is 2.01. The molecule has 1 N–H and O–H groups in total. The fourth-order valence-electron chi connectivity index (χ4n) is 1.52. The van der Waals surface area contributed by atoms with Gasteiger partial charge in [-0.25, -0.2) is 4.79 Å². The van der Waals surface area contributed by atoms with Crippen molar-refractivity contribution in [2.24, 2.45) is 0 Å². The van der Waals surface area contributed by atoms with Gasteiger partial charge in [-0.2, -0.15) is 13.2 Å². The molecule has 114 valence electrons. The molecule has 0 saturated heterocycles. The van der Waals surface area contributed by atoms with Crippen molar-refractivity contribution in [3.8, 4) is 0 Å². The number of esters is 1. The van der Waals surface area contributed by atoms with Crippen molar-refractivity contribution < 1.29 is 27.5 Å². The third kappa shape index (κ3) is 5.68. The maximum Gasteiger partial charge on any atom is 0.471 e. The van der Waals surface area contributed by atoms with E-state index in [1.165, 1.54) is 6.08 Å². The summed E-state index contributed by atoms with van der Waals surface area (Å²) >= 11 is 0. The molecule has 0 bridgehead atoms.